The van der Waals surface area contributed by atoms with E-state index in [9.17, 15) is 9.59 Å². The number of rotatable bonds is 9. The zero-order valence-electron chi connectivity index (χ0n) is 24.2. The highest BCUT2D eigenvalue weighted by Crippen LogP contribution is 2.23. The predicted octanol–water partition coefficient (Wildman–Crippen LogP) is 7.82. The molecule has 0 unspecified atom stereocenters. The van der Waals surface area contributed by atoms with Crippen molar-refractivity contribution in [2.45, 2.75) is 20.8 Å². The smallest absolute Gasteiger partial charge is 0.256 e. The summed E-state index contributed by atoms with van der Waals surface area (Å²) in [6.45, 7) is 9.72. The number of aromatic nitrogens is 4. The summed E-state index contributed by atoms with van der Waals surface area (Å²) in [7, 11) is 0. The molecule has 0 radical (unpaired) electrons. The maximum absolute atomic E-state index is 12.8. The van der Waals surface area contributed by atoms with Crippen molar-refractivity contribution in [1.82, 2.24) is 20.4 Å². The normalized spacial score (nSPS) is 11.7. The highest BCUT2D eigenvalue weighted by atomic mass is 16.2. The second kappa shape index (κ2) is 12.8. The van der Waals surface area contributed by atoms with Crippen molar-refractivity contribution >= 4 is 29.0 Å². The Morgan fingerprint density at radius 2 is 1.21 bits per heavy atom. The zero-order chi connectivity index (χ0) is 30.3. The summed E-state index contributed by atoms with van der Waals surface area (Å²) in [5.74, 6) is 0.379. The Morgan fingerprint density at radius 3 is 1.77 bits per heavy atom. The van der Waals surface area contributed by atoms with E-state index in [0.29, 0.717) is 22.8 Å². The van der Waals surface area contributed by atoms with Crippen molar-refractivity contribution in [1.29, 1.82) is 0 Å². The Hall–Kier alpha value is -5.76. The van der Waals surface area contributed by atoms with E-state index in [4.69, 9.17) is 0 Å². The van der Waals surface area contributed by atoms with Crippen LogP contribution in [0.25, 0.3) is 28.0 Å². The predicted molar refractivity (Wildman–Crippen MR) is 173 cm³/mol. The van der Waals surface area contributed by atoms with Gasteiger partial charge in [-0.15, -0.1) is 0 Å². The number of anilines is 2. The number of allylic oxidation sites excluding steroid dienone is 5. The van der Waals surface area contributed by atoms with Crippen LogP contribution in [0, 0.1) is 6.92 Å². The van der Waals surface area contributed by atoms with Crippen molar-refractivity contribution in [3.05, 3.63) is 138 Å². The monoisotopic (exact) mass is 568 g/mol. The molecule has 2 heterocycles. The molecule has 0 bridgehead atoms. The highest BCUT2D eigenvalue weighted by Gasteiger charge is 2.12. The topological polar surface area (TPSA) is 116 Å². The Bertz CT molecular complexity index is 1820. The van der Waals surface area contributed by atoms with Gasteiger partial charge >= 0.3 is 0 Å². The Morgan fingerprint density at radius 1 is 0.698 bits per heavy atom. The van der Waals surface area contributed by atoms with Crippen molar-refractivity contribution in [2.75, 3.05) is 10.6 Å². The fraction of sp³-hybridized carbons (Fsp3) is 0.0857. The van der Waals surface area contributed by atoms with Gasteiger partial charge in [-0.2, -0.15) is 10.2 Å². The molecule has 5 rings (SSSR count). The van der Waals surface area contributed by atoms with Gasteiger partial charge in [0, 0.05) is 23.3 Å². The molecule has 43 heavy (non-hydrogen) atoms. The number of H-pyrrole nitrogens is 2. The van der Waals surface area contributed by atoms with Crippen LogP contribution in [-0.2, 0) is 0 Å². The summed E-state index contributed by atoms with van der Waals surface area (Å²) in [5.41, 5.74) is 8.69. The van der Waals surface area contributed by atoms with Gasteiger partial charge < -0.3 is 10.6 Å². The summed E-state index contributed by atoms with van der Waals surface area (Å²) < 4.78 is 0. The molecule has 4 N–H and O–H groups in total. The molecule has 5 aromatic rings. The molecule has 0 spiro atoms. The van der Waals surface area contributed by atoms with E-state index in [1.807, 2.05) is 87.5 Å². The van der Waals surface area contributed by atoms with Crippen LogP contribution < -0.4 is 10.6 Å². The molecule has 0 aliphatic carbocycles. The number of carbonyl (C=O) groups is 2. The minimum Gasteiger partial charge on any atom is -0.305 e. The zero-order valence-corrected chi connectivity index (χ0v) is 24.2. The van der Waals surface area contributed by atoms with Gasteiger partial charge in [0.25, 0.3) is 11.8 Å². The van der Waals surface area contributed by atoms with Gasteiger partial charge in [0.2, 0.25) is 0 Å². The maximum Gasteiger partial charge on any atom is 0.256 e. The van der Waals surface area contributed by atoms with Crippen LogP contribution >= 0.6 is 0 Å². The van der Waals surface area contributed by atoms with Crippen molar-refractivity contribution < 1.29 is 9.59 Å². The number of hydrogen-bond donors (Lipinski definition) is 4. The summed E-state index contributed by atoms with van der Waals surface area (Å²) in [5, 5.41) is 20.0. The lowest BCUT2D eigenvalue weighted by Crippen LogP contribution is -2.12. The van der Waals surface area contributed by atoms with Gasteiger partial charge in [0.15, 0.2) is 11.6 Å². The third kappa shape index (κ3) is 7.12. The number of nitrogens with one attached hydrogen (secondary N) is 4. The van der Waals surface area contributed by atoms with E-state index < -0.39 is 0 Å². The van der Waals surface area contributed by atoms with Crippen molar-refractivity contribution in [2.24, 2.45) is 0 Å². The molecule has 8 heteroatoms. The quantitative estimate of drug-likeness (QED) is 0.136. The van der Waals surface area contributed by atoms with Crippen LogP contribution in [-0.4, -0.2) is 32.2 Å². The molecule has 0 aliphatic rings. The fourth-order valence-electron chi connectivity index (χ4n) is 4.27. The number of nitrogens with zero attached hydrogens (tertiary/aromatic N) is 2. The van der Waals surface area contributed by atoms with Gasteiger partial charge in [0.1, 0.15) is 0 Å². The number of benzene rings is 3. The number of aromatic amines is 2. The number of amides is 2. The standard InChI is InChI=1S/C35H32N6O2/c1-5-22(2)6-9-24(4)30-20-32(40-38-30)36-34(42)28-16-12-25(13-17-28)26-14-18-29(19-15-26)35(43)37-33-21-31(39-41-33)27-10-7-23(3)8-11-27/h5-21H,1H2,2-4H3,(H2,36,38,40,42)(H2,37,39,41,43)/b22-6-,24-9+. The van der Waals surface area contributed by atoms with Crippen molar-refractivity contribution in [3.63, 3.8) is 0 Å². The van der Waals surface area contributed by atoms with Crippen LogP contribution in [0.2, 0.25) is 0 Å². The number of aryl methyl sites for hydroxylation is 1. The Labute approximate surface area is 250 Å². The summed E-state index contributed by atoms with van der Waals surface area (Å²) >= 11 is 0. The van der Waals surface area contributed by atoms with Crippen LogP contribution in [0.3, 0.4) is 0 Å². The molecule has 8 nitrogen and oxygen atoms in total. The molecule has 0 fully saturated rings. The minimum atomic E-state index is -0.260. The van der Waals surface area contributed by atoms with Gasteiger partial charge in [-0.1, -0.05) is 84.5 Å². The Kier molecular flexibility index (Phi) is 8.58. The van der Waals surface area contributed by atoms with E-state index in [0.717, 1.165) is 39.2 Å². The molecule has 0 atom stereocenters. The molecule has 0 saturated heterocycles. The minimum absolute atomic E-state index is 0.254. The first-order valence-corrected chi connectivity index (χ1v) is 13.8. The van der Waals surface area contributed by atoms with Crippen LogP contribution in [0.5, 0.6) is 0 Å². The molecule has 214 valence electrons. The number of carbonyl (C=O) groups excluding carboxylic acids is 2. The molecule has 0 saturated carbocycles. The highest BCUT2D eigenvalue weighted by molar-refractivity contribution is 6.05. The van der Waals surface area contributed by atoms with Gasteiger partial charge in [0.05, 0.1) is 11.4 Å². The van der Waals surface area contributed by atoms with E-state index >= 15 is 0 Å². The first-order chi connectivity index (χ1) is 20.8. The second-order valence-electron chi connectivity index (χ2n) is 10.2. The summed E-state index contributed by atoms with van der Waals surface area (Å²) in [6.07, 6.45) is 5.72. The lowest BCUT2D eigenvalue weighted by atomic mass is 10.0. The molecule has 3 aromatic carbocycles. The van der Waals surface area contributed by atoms with Gasteiger partial charge in [-0.05, 0) is 67.3 Å². The third-order valence-electron chi connectivity index (χ3n) is 6.97. The largest absolute Gasteiger partial charge is 0.305 e. The van der Waals surface area contributed by atoms with E-state index in [-0.39, 0.29) is 11.8 Å². The molecular weight excluding hydrogens is 536 g/mol. The first-order valence-electron chi connectivity index (χ1n) is 13.8. The molecular formula is C35H32N6O2. The van der Waals surface area contributed by atoms with E-state index in [1.54, 1.807) is 36.4 Å². The Balaban J connectivity index is 1.18. The first kappa shape index (κ1) is 28.8. The van der Waals surface area contributed by atoms with Crippen molar-refractivity contribution in [3.8, 4) is 22.4 Å². The summed E-state index contributed by atoms with van der Waals surface area (Å²) in [4.78, 5) is 25.6. The maximum atomic E-state index is 12.8. The van der Waals surface area contributed by atoms with E-state index in [1.165, 1.54) is 5.56 Å². The van der Waals surface area contributed by atoms with Gasteiger partial charge in [-0.25, -0.2) is 0 Å². The molecule has 0 aliphatic heterocycles. The lowest BCUT2D eigenvalue weighted by molar-refractivity contribution is 0.101. The average molecular weight is 569 g/mol. The fourth-order valence-corrected chi connectivity index (χ4v) is 4.27. The molecule has 2 amide bonds. The SMILES string of the molecule is C=C/C(C)=C\C=C(/C)c1cc(NC(=O)c2ccc(-c3ccc(C(=O)Nc4cc(-c5ccc(C)cc5)[nH]n4)cc3)cc2)n[nH]1. The van der Waals surface area contributed by atoms with E-state index in [2.05, 4.69) is 37.6 Å². The third-order valence-corrected chi connectivity index (χ3v) is 6.97. The lowest BCUT2D eigenvalue weighted by Gasteiger charge is -2.06. The van der Waals surface area contributed by atoms with Gasteiger partial charge in [-0.3, -0.25) is 19.8 Å². The van der Waals surface area contributed by atoms with Crippen LogP contribution in [0.1, 0.15) is 45.8 Å². The molecule has 2 aromatic heterocycles. The van der Waals surface area contributed by atoms with Crippen LogP contribution in [0.15, 0.2) is 115 Å². The summed E-state index contributed by atoms with van der Waals surface area (Å²) in [6, 6.07) is 26.2. The second-order valence-corrected chi connectivity index (χ2v) is 10.2. The van der Waals surface area contributed by atoms with Crippen LogP contribution in [0.4, 0.5) is 11.6 Å². The number of hydrogen-bond acceptors (Lipinski definition) is 4. The average Bonchev–Trinajstić information content (AvgIpc) is 3.70.